The van der Waals surface area contributed by atoms with E-state index in [4.69, 9.17) is 0 Å². The molecule has 0 rings (SSSR count). The van der Waals surface area contributed by atoms with E-state index in [9.17, 15) is 18.0 Å². The fourth-order valence-corrected chi connectivity index (χ4v) is 0.716. The minimum absolute atomic E-state index is 0.181. The lowest BCUT2D eigenvalue weighted by molar-refractivity contribution is -0.135. The van der Waals surface area contributed by atoms with Gasteiger partial charge in [0.25, 0.3) is 0 Å². The van der Waals surface area contributed by atoms with Crippen molar-refractivity contribution in [3.8, 4) is 11.8 Å². The van der Waals surface area contributed by atoms with Crippen molar-refractivity contribution in [2.24, 2.45) is 5.92 Å². The third-order valence-electron chi connectivity index (χ3n) is 1.50. The molecule has 0 N–H and O–H groups in total. The number of methoxy groups -OCH3 is 1. The lowest BCUT2D eigenvalue weighted by Gasteiger charge is -2.04. The summed E-state index contributed by atoms with van der Waals surface area (Å²) in [5.74, 6) is 3.43. The summed E-state index contributed by atoms with van der Waals surface area (Å²) in [5.41, 5.74) is -1.18. The quantitative estimate of drug-likeness (QED) is 0.417. The lowest BCUT2D eigenvalue weighted by atomic mass is 10.1. The van der Waals surface area contributed by atoms with Gasteiger partial charge in [0, 0.05) is 12.5 Å². The second kappa shape index (κ2) is 6.21. The standard InChI is InChI=1S/C11H13F3O2/c1-8(2)5-4-6-9(11(12,13)14)7-10(15)16-3/h7-8H,5H2,1-3H3. The summed E-state index contributed by atoms with van der Waals surface area (Å²) in [6, 6.07) is 0. The molecule has 0 aromatic heterocycles. The zero-order valence-corrected chi connectivity index (χ0v) is 9.31. The fourth-order valence-electron chi connectivity index (χ4n) is 0.716. The van der Waals surface area contributed by atoms with Crippen LogP contribution in [0.15, 0.2) is 11.6 Å². The number of allylic oxidation sites excluding steroid dienone is 1. The molecule has 0 bridgehead atoms. The first-order valence-corrected chi connectivity index (χ1v) is 4.63. The first-order chi connectivity index (χ1) is 7.27. The largest absolute Gasteiger partial charge is 0.466 e. The molecule has 2 nitrogen and oxygen atoms in total. The molecule has 0 fully saturated rings. The van der Waals surface area contributed by atoms with Crippen molar-refractivity contribution >= 4 is 5.97 Å². The molecule has 0 aliphatic carbocycles. The van der Waals surface area contributed by atoms with E-state index in [1.54, 1.807) is 0 Å². The van der Waals surface area contributed by atoms with Crippen LogP contribution in [0.2, 0.25) is 0 Å². The normalized spacial score (nSPS) is 12.1. The van der Waals surface area contributed by atoms with E-state index < -0.39 is 17.7 Å². The molecule has 0 atom stereocenters. The van der Waals surface area contributed by atoms with Crippen molar-refractivity contribution in [3.05, 3.63) is 11.6 Å². The Bertz CT molecular complexity index is 329. The molecule has 0 radical (unpaired) electrons. The second-order valence-corrected chi connectivity index (χ2v) is 3.48. The van der Waals surface area contributed by atoms with Gasteiger partial charge in [0.05, 0.1) is 7.11 Å². The first-order valence-electron chi connectivity index (χ1n) is 4.63. The summed E-state index contributed by atoms with van der Waals surface area (Å²) in [4.78, 5) is 10.7. The smallest absolute Gasteiger partial charge is 0.424 e. The van der Waals surface area contributed by atoms with Crippen LogP contribution < -0.4 is 0 Å². The summed E-state index contributed by atoms with van der Waals surface area (Å²) >= 11 is 0. The molecular formula is C11H13F3O2. The van der Waals surface area contributed by atoms with E-state index in [2.05, 4.69) is 10.7 Å². The van der Waals surface area contributed by atoms with Gasteiger partial charge < -0.3 is 4.74 Å². The third kappa shape index (κ3) is 6.12. The van der Waals surface area contributed by atoms with Crippen LogP contribution in [0.5, 0.6) is 0 Å². The number of ether oxygens (including phenoxy) is 1. The Kier molecular flexibility index (Phi) is 5.65. The van der Waals surface area contributed by atoms with Gasteiger partial charge in [-0.05, 0) is 5.92 Å². The molecule has 0 saturated carbocycles. The highest BCUT2D eigenvalue weighted by molar-refractivity contribution is 5.83. The van der Waals surface area contributed by atoms with Crippen LogP contribution in [0.25, 0.3) is 0 Å². The van der Waals surface area contributed by atoms with Gasteiger partial charge in [0.15, 0.2) is 0 Å². The molecule has 0 aliphatic heterocycles. The number of halogens is 3. The number of alkyl halides is 3. The summed E-state index contributed by atoms with van der Waals surface area (Å²) in [5, 5.41) is 0. The molecule has 0 saturated heterocycles. The van der Waals surface area contributed by atoms with Crippen molar-refractivity contribution in [1.82, 2.24) is 0 Å². The number of rotatable bonds is 2. The van der Waals surface area contributed by atoms with E-state index in [0.717, 1.165) is 7.11 Å². The van der Waals surface area contributed by atoms with Gasteiger partial charge in [-0.1, -0.05) is 25.7 Å². The summed E-state index contributed by atoms with van der Waals surface area (Å²) in [7, 11) is 1.01. The van der Waals surface area contributed by atoms with Gasteiger partial charge in [0.1, 0.15) is 5.57 Å². The predicted octanol–water partition coefficient (Wildman–Crippen LogP) is 2.70. The van der Waals surface area contributed by atoms with Crippen LogP contribution >= 0.6 is 0 Å². The Balaban J connectivity index is 4.89. The predicted molar refractivity (Wildman–Crippen MR) is 53.4 cm³/mol. The highest BCUT2D eigenvalue weighted by atomic mass is 19.4. The van der Waals surface area contributed by atoms with Gasteiger partial charge >= 0.3 is 12.1 Å². The van der Waals surface area contributed by atoms with Crippen LogP contribution in [-0.2, 0) is 9.53 Å². The Morgan fingerprint density at radius 2 is 2.00 bits per heavy atom. The van der Waals surface area contributed by atoms with Gasteiger partial charge in [-0.25, -0.2) is 4.79 Å². The van der Waals surface area contributed by atoms with Crippen molar-refractivity contribution in [2.45, 2.75) is 26.4 Å². The van der Waals surface area contributed by atoms with Crippen LogP contribution in [0.4, 0.5) is 13.2 Å². The Labute approximate surface area is 92.5 Å². The highest BCUT2D eigenvalue weighted by Crippen LogP contribution is 2.24. The van der Waals surface area contributed by atoms with Gasteiger partial charge in [-0.2, -0.15) is 13.2 Å². The maximum absolute atomic E-state index is 12.4. The van der Waals surface area contributed by atoms with E-state index in [-0.39, 0.29) is 5.92 Å². The Hall–Kier alpha value is -1.44. The molecular weight excluding hydrogens is 221 g/mol. The molecule has 0 unspecified atom stereocenters. The Morgan fingerprint density at radius 1 is 1.44 bits per heavy atom. The minimum atomic E-state index is -4.63. The third-order valence-corrected chi connectivity index (χ3v) is 1.50. The maximum Gasteiger partial charge on any atom is 0.424 e. The van der Waals surface area contributed by atoms with Crippen LogP contribution in [0.1, 0.15) is 20.3 Å². The summed E-state index contributed by atoms with van der Waals surface area (Å²) < 4.78 is 41.2. The number of esters is 1. The fraction of sp³-hybridized carbons (Fsp3) is 0.545. The summed E-state index contributed by atoms with van der Waals surface area (Å²) in [6.07, 6.45) is -3.93. The van der Waals surface area contributed by atoms with Crippen molar-refractivity contribution in [2.75, 3.05) is 7.11 Å². The topological polar surface area (TPSA) is 26.3 Å². The van der Waals surface area contributed by atoms with E-state index in [1.807, 2.05) is 19.8 Å². The van der Waals surface area contributed by atoms with Crippen molar-refractivity contribution in [1.29, 1.82) is 0 Å². The molecule has 90 valence electrons. The lowest BCUT2D eigenvalue weighted by Crippen LogP contribution is -2.13. The monoisotopic (exact) mass is 234 g/mol. The zero-order valence-electron chi connectivity index (χ0n) is 9.31. The van der Waals surface area contributed by atoms with Crippen LogP contribution in [0, 0.1) is 17.8 Å². The molecule has 0 aliphatic rings. The zero-order chi connectivity index (χ0) is 12.8. The molecule has 16 heavy (non-hydrogen) atoms. The molecule has 0 aromatic rings. The molecule has 0 amide bonds. The first kappa shape index (κ1) is 14.6. The average Bonchev–Trinajstić information content (AvgIpc) is 2.13. The summed E-state index contributed by atoms with van der Waals surface area (Å²) in [6.45, 7) is 3.68. The minimum Gasteiger partial charge on any atom is -0.466 e. The van der Waals surface area contributed by atoms with Crippen molar-refractivity contribution in [3.63, 3.8) is 0 Å². The van der Waals surface area contributed by atoms with E-state index >= 15 is 0 Å². The Morgan fingerprint density at radius 3 is 2.38 bits per heavy atom. The van der Waals surface area contributed by atoms with Gasteiger partial charge in [-0.3, -0.25) is 0 Å². The number of carbonyl (C=O) groups is 1. The average molecular weight is 234 g/mol. The SMILES string of the molecule is COC(=O)C=C(C#CCC(C)C)C(F)(F)F. The molecule has 0 aromatic carbocycles. The number of hydrogen-bond acceptors (Lipinski definition) is 2. The molecule has 0 heterocycles. The number of carbonyl (C=O) groups excluding carboxylic acids is 1. The van der Waals surface area contributed by atoms with E-state index in [0.29, 0.717) is 12.5 Å². The molecule has 5 heteroatoms. The van der Waals surface area contributed by atoms with Crippen LogP contribution in [0.3, 0.4) is 0 Å². The second-order valence-electron chi connectivity index (χ2n) is 3.48. The van der Waals surface area contributed by atoms with Crippen LogP contribution in [-0.4, -0.2) is 19.3 Å². The highest BCUT2D eigenvalue weighted by Gasteiger charge is 2.33. The van der Waals surface area contributed by atoms with Gasteiger partial charge in [0.2, 0.25) is 0 Å². The molecule has 0 spiro atoms. The van der Waals surface area contributed by atoms with Crippen molar-refractivity contribution < 1.29 is 22.7 Å². The van der Waals surface area contributed by atoms with Gasteiger partial charge in [-0.15, -0.1) is 0 Å². The number of hydrogen-bond donors (Lipinski definition) is 0. The maximum atomic E-state index is 12.4. The van der Waals surface area contributed by atoms with E-state index in [1.165, 1.54) is 0 Å².